The van der Waals surface area contributed by atoms with E-state index < -0.39 is 0 Å². The molecule has 0 bridgehead atoms. The minimum atomic E-state index is -0.320. The number of carbonyl (C=O) groups excluding carboxylic acids is 1. The standard InChI is InChI=1S/C20H24FNO3/c21-18-4-2-1-3-17(18)19-11-9-16(25-19)10-12-20(24)22-15-7-5-14(13-23)6-8-15/h1-4,9,11,14-15,23H,5-8,10,12-13H2,(H,22,24). The van der Waals surface area contributed by atoms with E-state index in [0.717, 1.165) is 25.7 Å². The molecule has 2 N–H and O–H groups in total. The van der Waals surface area contributed by atoms with Crippen molar-refractivity contribution in [2.75, 3.05) is 6.61 Å². The minimum absolute atomic E-state index is 0.0105. The summed E-state index contributed by atoms with van der Waals surface area (Å²) in [7, 11) is 0. The van der Waals surface area contributed by atoms with Gasteiger partial charge in [0.1, 0.15) is 17.3 Å². The molecule has 3 rings (SSSR count). The van der Waals surface area contributed by atoms with Gasteiger partial charge in [-0.2, -0.15) is 0 Å². The lowest BCUT2D eigenvalue weighted by atomic mass is 9.86. The largest absolute Gasteiger partial charge is 0.461 e. The summed E-state index contributed by atoms with van der Waals surface area (Å²) in [6, 6.07) is 10.2. The molecule has 1 aromatic carbocycles. The van der Waals surface area contributed by atoms with E-state index in [0.29, 0.717) is 35.8 Å². The number of benzene rings is 1. The summed E-state index contributed by atoms with van der Waals surface area (Å²) < 4.78 is 19.4. The van der Waals surface area contributed by atoms with Crippen LogP contribution in [0.4, 0.5) is 4.39 Å². The SMILES string of the molecule is O=C(CCc1ccc(-c2ccccc2F)o1)NC1CCC(CO)CC1. The number of halogens is 1. The predicted molar refractivity (Wildman–Crippen MR) is 93.4 cm³/mol. The number of aliphatic hydroxyl groups is 1. The van der Waals surface area contributed by atoms with Crippen LogP contribution in [0.15, 0.2) is 40.8 Å². The lowest BCUT2D eigenvalue weighted by molar-refractivity contribution is -0.122. The molecule has 0 radical (unpaired) electrons. The van der Waals surface area contributed by atoms with Crippen LogP contribution in [-0.4, -0.2) is 23.7 Å². The molecule has 1 saturated carbocycles. The molecule has 0 atom stereocenters. The van der Waals surface area contributed by atoms with Crippen molar-refractivity contribution in [3.05, 3.63) is 48.0 Å². The molecule has 134 valence electrons. The van der Waals surface area contributed by atoms with Crippen molar-refractivity contribution in [1.29, 1.82) is 0 Å². The van der Waals surface area contributed by atoms with Crippen LogP contribution >= 0.6 is 0 Å². The lowest BCUT2D eigenvalue weighted by Crippen LogP contribution is -2.38. The Kier molecular flexibility index (Phi) is 5.87. The van der Waals surface area contributed by atoms with E-state index in [1.807, 2.05) is 0 Å². The van der Waals surface area contributed by atoms with Crippen molar-refractivity contribution < 1.29 is 18.7 Å². The number of amides is 1. The third kappa shape index (κ3) is 4.69. The Morgan fingerprint density at radius 1 is 1.16 bits per heavy atom. The number of aryl methyl sites for hydroxylation is 1. The minimum Gasteiger partial charge on any atom is -0.461 e. The van der Waals surface area contributed by atoms with E-state index in [-0.39, 0.29) is 24.4 Å². The van der Waals surface area contributed by atoms with Crippen molar-refractivity contribution in [3.8, 4) is 11.3 Å². The van der Waals surface area contributed by atoms with E-state index in [2.05, 4.69) is 5.32 Å². The van der Waals surface area contributed by atoms with Gasteiger partial charge in [0.25, 0.3) is 0 Å². The molecule has 5 heteroatoms. The normalized spacial score (nSPS) is 20.4. The Morgan fingerprint density at radius 2 is 1.92 bits per heavy atom. The van der Waals surface area contributed by atoms with Gasteiger partial charge in [0.05, 0.1) is 5.56 Å². The maximum Gasteiger partial charge on any atom is 0.220 e. The topological polar surface area (TPSA) is 62.5 Å². The van der Waals surface area contributed by atoms with E-state index >= 15 is 0 Å². The van der Waals surface area contributed by atoms with E-state index in [1.165, 1.54) is 6.07 Å². The van der Waals surface area contributed by atoms with Crippen LogP contribution in [0.5, 0.6) is 0 Å². The lowest BCUT2D eigenvalue weighted by Gasteiger charge is -2.27. The Morgan fingerprint density at radius 3 is 2.64 bits per heavy atom. The maximum atomic E-state index is 13.8. The molecule has 1 fully saturated rings. The molecule has 1 heterocycles. The van der Waals surface area contributed by atoms with E-state index in [9.17, 15) is 9.18 Å². The van der Waals surface area contributed by atoms with Gasteiger partial charge in [-0.05, 0) is 55.9 Å². The van der Waals surface area contributed by atoms with Crippen molar-refractivity contribution in [3.63, 3.8) is 0 Å². The van der Waals surface area contributed by atoms with Crippen molar-refractivity contribution in [2.24, 2.45) is 5.92 Å². The zero-order valence-corrected chi connectivity index (χ0v) is 14.2. The Balaban J connectivity index is 1.48. The highest BCUT2D eigenvalue weighted by Crippen LogP contribution is 2.26. The maximum absolute atomic E-state index is 13.8. The molecule has 0 spiro atoms. The van der Waals surface area contributed by atoms with Gasteiger partial charge in [0.2, 0.25) is 5.91 Å². The second-order valence-corrected chi connectivity index (χ2v) is 6.71. The monoisotopic (exact) mass is 345 g/mol. The first-order chi connectivity index (χ1) is 12.2. The Bertz CT molecular complexity index is 704. The van der Waals surface area contributed by atoms with Gasteiger partial charge < -0.3 is 14.8 Å². The molecule has 0 unspecified atom stereocenters. The zero-order chi connectivity index (χ0) is 17.6. The summed E-state index contributed by atoms with van der Waals surface area (Å²) in [5.74, 6) is 1.23. The van der Waals surface area contributed by atoms with Crippen LogP contribution in [0.25, 0.3) is 11.3 Å². The number of carbonyl (C=O) groups is 1. The summed E-state index contributed by atoms with van der Waals surface area (Å²) in [6.07, 6.45) is 4.62. The fraction of sp³-hybridized carbons (Fsp3) is 0.450. The van der Waals surface area contributed by atoms with Gasteiger partial charge in [-0.3, -0.25) is 4.79 Å². The molecular weight excluding hydrogens is 321 g/mol. The van der Waals surface area contributed by atoms with Crippen LogP contribution in [0, 0.1) is 11.7 Å². The molecule has 1 aliphatic rings. The van der Waals surface area contributed by atoms with Crippen molar-refractivity contribution in [1.82, 2.24) is 5.32 Å². The van der Waals surface area contributed by atoms with Gasteiger partial charge in [-0.15, -0.1) is 0 Å². The van der Waals surface area contributed by atoms with Crippen LogP contribution in [0.2, 0.25) is 0 Å². The highest BCUT2D eigenvalue weighted by atomic mass is 19.1. The molecule has 1 aliphatic carbocycles. The summed E-state index contributed by atoms with van der Waals surface area (Å²) >= 11 is 0. The van der Waals surface area contributed by atoms with E-state index in [4.69, 9.17) is 9.52 Å². The molecule has 4 nitrogen and oxygen atoms in total. The Labute approximate surface area is 147 Å². The molecule has 1 aromatic heterocycles. The fourth-order valence-electron chi connectivity index (χ4n) is 3.34. The quantitative estimate of drug-likeness (QED) is 0.839. The first-order valence-electron chi connectivity index (χ1n) is 8.89. The zero-order valence-electron chi connectivity index (χ0n) is 14.2. The number of hydrogen-bond donors (Lipinski definition) is 2. The smallest absolute Gasteiger partial charge is 0.220 e. The second-order valence-electron chi connectivity index (χ2n) is 6.71. The van der Waals surface area contributed by atoms with Gasteiger partial charge >= 0.3 is 0 Å². The highest BCUT2D eigenvalue weighted by molar-refractivity contribution is 5.76. The average molecular weight is 345 g/mol. The number of aliphatic hydroxyl groups excluding tert-OH is 1. The van der Waals surface area contributed by atoms with Gasteiger partial charge in [0, 0.05) is 25.5 Å². The van der Waals surface area contributed by atoms with E-state index in [1.54, 1.807) is 30.3 Å². The molecule has 0 aliphatic heterocycles. The number of hydrogen-bond acceptors (Lipinski definition) is 3. The molecule has 25 heavy (non-hydrogen) atoms. The third-order valence-electron chi connectivity index (χ3n) is 4.87. The fourth-order valence-corrected chi connectivity index (χ4v) is 3.34. The molecule has 2 aromatic rings. The number of furan rings is 1. The predicted octanol–water partition coefficient (Wildman–Crippen LogP) is 3.69. The first-order valence-corrected chi connectivity index (χ1v) is 8.89. The molecule has 0 saturated heterocycles. The van der Waals surface area contributed by atoms with Crippen molar-refractivity contribution in [2.45, 2.75) is 44.6 Å². The summed E-state index contributed by atoms with van der Waals surface area (Å²) in [5.41, 5.74) is 0.429. The third-order valence-corrected chi connectivity index (χ3v) is 4.87. The highest BCUT2D eigenvalue weighted by Gasteiger charge is 2.21. The molecule has 1 amide bonds. The van der Waals surface area contributed by atoms with Crippen LogP contribution in [-0.2, 0) is 11.2 Å². The number of nitrogens with one attached hydrogen (secondary N) is 1. The second kappa shape index (κ2) is 8.30. The average Bonchev–Trinajstić information content (AvgIpc) is 3.10. The van der Waals surface area contributed by atoms with Crippen LogP contribution < -0.4 is 5.32 Å². The Hall–Kier alpha value is -2.14. The summed E-state index contributed by atoms with van der Waals surface area (Å²) in [5, 5.41) is 12.2. The number of rotatable bonds is 6. The van der Waals surface area contributed by atoms with Gasteiger partial charge in [0.15, 0.2) is 0 Å². The van der Waals surface area contributed by atoms with Gasteiger partial charge in [-0.1, -0.05) is 12.1 Å². The van der Waals surface area contributed by atoms with Gasteiger partial charge in [-0.25, -0.2) is 4.39 Å². The summed E-state index contributed by atoms with van der Waals surface area (Å²) in [6.45, 7) is 0.240. The first kappa shape index (κ1) is 17.7. The van der Waals surface area contributed by atoms with Crippen LogP contribution in [0.1, 0.15) is 37.9 Å². The van der Waals surface area contributed by atoms with Crippen molar-refractivity contribution >= 4 is 5.91 Å². The molecular formula is C20H24FNO3. The van der Waals surface area contributed by atoms with Crippen LogP contribution in [0.3, 0.4) is 0 Å². The summed E-state index contributed by atoms with van der Waals surface area (Å²) in [4.78, 5) is 12.1.